The van der Waals surface area contributed by atoms with Gasteiger partial charge in [0, 0.05) is 41.8 Å². The number of carbonyl (C=O) groups is 2. The van der Waals surface area contributed by atoms with E-state index in [1.54, 1.807) is 25.3 Å². The topological polar surface area (TPSA) is 85.8 Å². The number of amides is 2. The van der Waals surface area contributed by atoms with Crippen LogP contribution in [0.4, 0.5) is 18.9 Å². The first kappa shape index (κ1) is 38.1. The van der Waals surface area contributed by atoms with Gasteiger partial charge < -0.3 is 20.9 Å². The molecule has 2 aliphatic rings. The highest BCUT2D eigenvalue weighted by Gasteiger charge is 2.36. The Balaban J connectivity index is 0.00000177. The molecule has 1 unspecified atom stereocenters. The van der Waals surface area contributed by atoms with E-state index in [1.165, 1.54) is 6.07 Å². The predicted molar refractivity (Wildman–Crippen MR) is 182 cm³/mol. The second-order valence-corrected chi connectivity index (χ2v) is 12.8. The third-order valence-corrected chi connectivity index (χ3v) is 7.09. The molecule has 2 heterocycles. The fourth-order valence-corrected chi connectivity index (χ4v) is 5.38. The van der Waals surface area contributed by atoms with Gasteiger partial charge in [-0.2, -0.15) is 13.2 Å². The zero-order chi connectivity index (χ0) is 35.0. The molecule has 2 aliphatic heterocycles. The maximum atomic E-state index is 14.1. The van der Waals surface area contributed by atoms with E-state index >= 15 is 0 Å². The summed E-state index contributed by atoms with van der Waals surface area (Å²) in [7, 11) is 0. The number of halogens is 3. The lowest BCUT2D eigenvalue weighted by Crippen LogP contribution is -2.39. The van der Waals surface area contributed by atoms with E-state index in [2.05, 4.69) is 20.9 Å². The number of fused-ring (bicyclic) bond motifs is 1. The third-order valence-electron chi connectivity index (χ3n) is 7.09. The summed E-state index contributed by atoms with van der Waals surface area (Å²) in [5.41, 5.74) is 1.51. The van der Waals surface area contributed by atoms with E-state index in [0.717, 1.165) is 29.0 Å². The summed E-state index contributed by atoms with van der Waals surface area (Å²) in [4.78, 5) is 32.4. The SMILES string of the molecule is CC.CC.CC1=CN2C=C(c3ccc(C)c(NC(=O)c4ccc(CNC(=O)C(C)(C)CC(C)(C)C)cc4C(F)(F)F)c3)NC2N=C1. The molecule has 0 bridgehead atoms. The number of alkyl halides is 3. The molecule has 2 aromatic carbocycles. The quantitative estimate of drug-likeness (QED) is 0.282. The van der Waals surface area contributed by atoms with Gasteiger partial charge in [0.15, 0.2) is 6.29 Å². The molecule has 2 aromatic rings. The lowest BCUT2D eigenvalue weighted by atomic mass is 9.75. The number of aryl methyl sites for hydroxylation is 1. The van der Waals surface area contributed by atoms with Crippen LogP contribution in [0.15, 0.2) is 59.4 Å². The molecule has 4 rings (SSSR count). The van der Waals surface area contributed by atoms with Crippen molar-refractivity contribution in [1.29, 1.82) is 0 Å². The van der Waals surface area contributed by atoms with Crippen molar-refractivity contribution in [2.45, 2.75) is 102 Å². The standard InChI is InChI=1S/C32H38F3N5O2.2C2H6/c1-19-14-37-29-39-26(17-40(29)16-19)22-10-8-20(2)25(13-22)38-27(41)23-11-9-21(12-24(23)32(33,34)35)15-36-28(42)31(6,7)18-30(3,4)5;2*1-2/h8-14,16-17,29,39H,15,18H2,1-7H3,(H,36,42)(H,38,41);2*1-2H3. The van der Waals surface area contributed by atoms with Crippen LogP contribution in [0, 0.1) is 17.8 Å². The summed E-state index contributed by atoms with van der Waals surface area (Å²) >= 11 is 0. The van der Waals surface area contributed by atoms with Crippen LogP contribution in [-0.4, -0.2) is 29.2 Å². The van der Waals surface area contributed by atoms with Crippen molar-refractivity contribution in [3.8, 4) is 0 Å². The Hall–Kier alpha value is -4.08. The molecule has 0 saturated carbocycles. The number of benzene rings is 2. The molecular formula is C36H50F3N5O2. The average molecular weight is 642 g/mol. The lowest BCUT2D eigenvalue weighted by Gasteiger charge is -2.31. The van der Waals surface area contributed by atoms with Crippen LogP contribution in [0.25, 0.3) is 5.70 Å². The zero-order valence-corrected chi connectivity index (χ0v) is 29.0. The number of allylic oxidation sites excluding steroid dienone is 1. The summed E-state index contributed by atoms with van der Waals surface area (Å²) in [5.74, 6) is -1.12. The molecule has 0 aliphatic carbocycles. The van der Waals surface area contributed by atoms with Crippen molar-refractivity contribution in [2.75, 3.05) is 5.32 Å². The average Bonchev–Trinajstić information content (AvgIpc) is 3.40. The summed E-state index contributed by atoms with van der Waals surface area (Å²) in [6.45, 7) is 21.3. The van der Waals surface area contributed by atoms with Gasteiger partial charge in [0.25, 0.3) is 5.91 Å². The minimum absolute atomic E-state index is 0.0859. The van der Waals surface area contributed by atoms with Crippen LogP contribution in [0.2, 0.25) is 0 Å². The van der Waals surface area contributed by atoms with E-state index in [0.29, 0.717) is 17.7 Å². The second-order valence-electron chi connectivity index (χ2n) is 12.8. The van der Waals surface area contributed by atoms with Crippen LogP contribution >= 0.6 is 0 Å². The van der Waals surface area contributed by atoms with E-state index in [4.69, 9.17) is 0 Å². The zero-order valence-electron chi connectivity index (χ0n) is 29.0. The van der Waals surface area contributed by atoms with Gasteiger partial charge in [-0.3, -0.25) is 9.59 Å². The van der Waals surface area contributed by atoms with E-state index < -0.39 is 28.6 Å². The fourth-order valence-electron chi connectivity index (χ4n) is 5.38. The van der Waals surface area contributed by atoms with Crippen LogP contribution in [0.3, 0.4) is 0 Å². The number of hydrogen-bond acceptors (Lipinski definition) is 5. The molecule has 7 nitrogen and oxygen atoms in total. The highest BCUT2D eigenvalue weighted by Crippen LogP contribution is 2.35. The Bertz CT molecular complexity index is 1480. The normalized spacial score (nSPS) is 15.6. The van der Waals surface area contributed by atoms with Crippen LogP contribution < -0.4 is 16.0 Å². The van der Waals surface area contributed by atoms with Crippen molar-refractivity contribution >= 4 is 29.4 Å². The molecule has 252 valence electrons. The minimum atomic E-state index is -4.77. The first-order chi connectivity index (χ1) is 21.4. The Labute approximate surface area is 272 Å². The van der Waals surface area contributed by atoms with Gasteiger partial charge in [0.05, 0.1) is 16.8 Å². The molecule has 2 amide bonds. The summed E-state index contributed by atoms with van der Waals surface area (Å²) in [5, 5.41) is 8.71. The Kier molecular flexibility index (Phi) is 12.8. The smallest absolute Gasteiger partial charge is 0.352 e. The highest BCUT2D eigenvalue weighted by molar-refractivity contribution is 6.06. The summed E-state index contributed by atoms with van der Waals surface area (Å²) < 4.78 is 42.4. The number of carbonyl (C=O) groups excluding carboxylic acids is 2. The van der Waals surface area contributed by atoms with Crippen LogP contribution in [-0.2, 0) is 17.5 Å². The first-order valence-electron chi connectivity index (χ1n) is 15.8. The van der Waals surface area contributed by atoms with Gasteiger partial charge >= 0.3 is 6.18 Å². The summed E-state index contributed by atoms with van der Waals surface area (Å²) in [6, 6.07) is 8.91. The van der Waals surface area contributed by atoms with Gasteiger partial charge in [0.1, 0.15) is 0 Å². The van der Waals surface area contributed by atoms with Crippen molar-refractivity contribution < 1.29 is 22.8 Å². The number of rotatable bonds is 7. The van der Waals surface area contributed by atoms with E-state index in [-0.39, 0.29) is 29.7 Å². The highest BCUT2D eigenvalue weighted by atomic mass is 19.4. The van der Waals surface area contributed by atoms with Gasteiger partial charge in [-0.25, -0.2) is 4.99 Å². The Morgan fingerprint density at radius 3 is 2.20 bits per heavy atom. The van der Waals surface area contributed by atoms with Crippen LogP contribution in [0.1, 0.15) is 108 Å². The predicted octanol–water partition coefficient (Wildman–Crippen LogP) is 8.87. The number of anilines is 1. The number of nitrogens with zero attached hydrogens (tertiary/aromatic N) is 2. The number of hydrogen-bond donors (Lipinski definition) is 3. The fraction of sp³-hybridized carbons (Fsp3) is 0.472. The Morgan fingerprint density at radius 2 is 1.59 bits per heavy atom. The molecular weight excluding hydrogens is 591 g/mol. The molecule has 0 saturated heterocycles. The minimum Gasteiger partial charge on any atom is -0.352 e. The van der Waals surface area contributed by atoms with Crippen molar-refractivity contribution in [2.24, 2.45) is 15.8 Å². The molecule has 1 atom stereocenters. The largest absolute Gasteiger partial charge is 0.417 e. The molecule has 10 heteroatoms. The van der Waals surface area contributed by atoms with Crippen molar-refractivity contribution in [3.63, 3.8) is 0 Å². The van der Waals surface area contributed by atoms with E-state index in [9.17, 15) is 22.8 Å². The number of nitrogens with one attached hydrogen (secondary N) is 3. The van der Waals surface area contributed by atoms with Gasteiger partial charge in [-0.05, 0) is 60.6 Å². The van der Waals surface area contributed by atoms with E-state index in [1.807, 2.05) is 92.6 Å². The maximum absolute atomic E-state index is 14.1. The molecule has 0 fully saturated rings. The third kappa shape index (κ3) is 9.96. The molecule has 0 aromatic heterocycles. The molecule has 0 radical (unpaired) electrons. The monoisotopic (exact) mass is 641 g/mol. The summed E-state index contributed by atoms with van der Waals surface area (Å²) in [6.07, 6.45) is 1.18. The van der Waals surface area contributed by atoms with Gasteiger partial charge in [-0.15, -0.1) is 0 Å². The Morgan fingerprint density at radius 1 is 0.935 bits per heavy atom. The number of aliphatic imine (C=N–C) groups is 1. The molecule has 46 heavy (non-hydrogen) atoms. The second kappa shape index (κ2) is 15.5. The molecule has 3 N–H and O–H groups in total. The lowest BCUT2D eigenvalue weighted by molar-refractivity contribution is -0.138. The first-order valence-corrected chi connectivity index (χ1v) is 15.8. The van der Waals surface area contributed by atoms with Crippen LogP contribution in [0.5, 0.6) is 0 Å². The maximum Gasteiger partial charge on any atom is 0.417 e. The van der Waals surface area contributed by atoms with Crippen molar-refractivity contribution in [1.82, 2.24) is 15.5 Å². The van der Waals surface area contributed by atoms with Gasteiger partial charge in [-0.1, -0.05) is 80.5 Å². The molecule has 0 spiro atoms. The van der Waals surface area contributed by atoms with Gasteiger partial charge in [0.2, 0.25) is 5.91 Å². The van der Waals surface area contributed by atoms with Crippen molar-refractivity contribution in [3.05, 3.63) is 82.2 Å².